The molecule has 0 aromatic heterocycles. The van der Waals surface area contributed by atoms with E-state index in [4.69, 9.17) is 0 Å². The van der Waals surface area contributed by atoms with Crippen LogP contribution in [0.25, 0.3) is 0 Å². The Labute approximate surface area is 154 Å². The van der Waals surface area contributed by atoms with Crippen molar-refractivity contribution in [3.63, 3.8) is 0 Å². The van der Waals surface area contributed by atoms with E-state index in [9.17, 15) is 13.2 Å². The van der Waals surface area contributed by atoms with Gasteiger partial charge in [0, 0.05) is 12.2 Å². The third-order valence-electron chi connectivity index (χ3n) is 4.88. The number of allylic oxidation sites excluding steroid dienone is 3. The van der Waals surface area contributed by atoms with Crippen LogP contribution in [0.4, 0.5) is 0 Å². The summed E-state index contributed by atoms with van der Waals surface area (Å²) >= 11 is 0. The molecule has 0 N–H and O–H groups in total. The molecule has 0 spiro atoms. The van der Waals surface area contributed by atoms with Crippen molar-refractivity contribution in [3.8, 4) is 0 Å². The highest BCUT2D eigenvalue weighted by atomic mass is 32.2. The highest BCUT2D eigenvalue weighted by molar-refractivity contribution is 7.90. The lowest BCUT2D eigenvalue weighted by Crippen LogP contribution is -2.17. The van der Waals surface area contributed by atoms with Crippen molar-refractivity contribution in [2.45, 2.75) is 84.5 Å². The van der Waals surface area contributed by atoms with Gasteiger partial charge in [-0.05, 0) is 24.8 Å². The van der Waals surface area contributed by atoms with Crippen LogP contribution in [0.2, 0.25) is 0 Å². The van der Waals surface area contributed by atoms with Crippen LogP contribution in [0.3, 0.4) is 0 Å². The zero-order valence-electron chi connectivity index (χ0n) is 16.4. The number of Topliss-reactive ketones (excluding diaryl/α,β-unsaturated/α-hetero) is 1. The second-order valence-electron chi connectivity index (χ2n) is 7.52. The summed E-state index contributed by atoms with van der Waals surface area (Å²) in [5.74, 6) is 0.441. The molecular formula is C21H36O3S. The number of carbonyl (C=O) groups excluding carboxylic acids is 1. The lowest BCUT2D eigenvalue weighted by molar-refractivity contribution is -0.119. The molecule has 0 saturated carbocycles. The molecule has 1 aliphatic rings. The van der Waals surface area contributed by atoms with E-state index in [0.29, 0.717) is 6.42 Å². The average molecular weight is 369 g/mol. The highest BCUT2D eigenvalue weighted by Crippen LogP contribution is 2.28. The van der Waals surface area contributed by atoms with Gasteiger partial charge in [0.05, 0.1) is 5.75 Å². The largest absolute Gasteiger partial charge is 0.294 e. The Morgan fingerprint density at radius 3 is 2.00 bits per heavy atom. The van der Waals surface area contributed by atoms with Gasteiger partial charge in [-0.2, -0.15) is 0 Å². The maximum Gasteiger partial charge on any atom is 0.162 e. The van der Waals surface area contributed by atoms with Crippen molar-refractivity contribution in [2.24, 2.45) is 5.92 Å². The first kappa shape index (κ1) is 22.1. The molecule has 1 rings (SSSR count). The molecule has 0 amide bonds. The van der Waals surface area contributed by atoms with Gasteiger partial charge in [0.2, 0.25) is 0 Å². The molecule has 3 nitrogen and oxygen atoms in total. The molecule has 0 saturated heterocycles. The number of unbranched alkanes of at least 4 members (excludes halogenated alkanes) is 6. The minimum absolute atomic E-state index is 0.0674. The van der Waals surface area contributed by atoms with E-state index in [-0.39, 0.29) is 17.5 Å². The molecular weight excluding hydrogens is 332 g/mol. The fraction of sp³-hybridized carbons (Fsp3) is 0.762. The molecule has 0 aromatic carbocycles. The first-order valence-electron chi connectivity index (χ1n) is 9.98. The molecule has 0 atom stereocenters. The molecule has 0 fully saturated rings. The van der Waals surface area contributed by atoms with Crippen LogP contribution in [0.15, 0.2) is 23.3 Å². The summed E-state index contributed by atoms with van der Waals surface area (Å²) in [5.41, 5.74) is 1.66. The fourth-order valence-electron chi connectivity index (χ4n) is 3.49. The van der Waals surface area contributed by atoms with Crippen LogP contribution in [0.1, 0.15) is 84.5 Å². The normalized spacial score (nSPS) is 14.7. The molecule has 144 valence electrons. The highest BCUT2D eigenvalue weighted by Gasteiger charge is 2.24. The van der Waals surface area contributed by atoms with E-state index in [1.54, 1.807) is 0 Å². The van der Waals surface area contributed by atoms with Gasteiger partial charge in [-0.25, -0.2) is 8.42 Å². The smallest absolute Gasteiger partial charge is 0.162 e. The van der Waals surface area contributed by atoms with Crippen molar-refractivity contribution in [2.75, 3.05) is 12.0 Å². The summed E-state index contributed by atoms with van der Waals surface area (Å²) in [6.45, 7) is 4.40. The number of carbonyl (C=O) groups is 1. The van der Waals surface area contributed by atoms with Gasteiger partial charge in [0.25, 0.3) is 0 Å². The van der Waals surface area contributed by atoms with E-state index in [2.05, 4.69) is 13.8 Å². The summed E-state index contributed by atoms with van der Waals surface area (Å²) in [7, 11) is -3.03. The molecule has 0 aromatic rings. The molecule has 1 aliphatic carbocycles. The molecule has 0 aliphatic heterocycles. The minimum Gasteiger partial charge on any atom is -0.294 e. The second kappa shape index (κ2) is 11.7. The van der Waals surface area contributed by atoms with E-state index in [0.717, 1.165) is 36.8 Å². The van der Waals surface area contributed by atoms with Crippen LogP contribution in [-0.2, 0) is 14.6 Å². The molecule has 0 heterocycles. The summed E-state index contributed by atoms with van der Waals surface area (Å²) in [6, 6.07) is 0. The van der Waals surface area contributed by atoms with Gasteiger partial charge >= 0.3 is 0 Å². The van der Waals surface area contributed by atoms with Gasteiger partial charge in [0.15, 0.2) is 15.6 Å². The van der Waals surface area contributed by atoms with Crippen LogP contribution in [0.5, 0.6) is 0 Å². The van der Waals surface area contributed by atoms with Gasteiger partial charge in [-0.1, -0.05) is 82.9 Å². The van der Waals surface area contributed by atoms with Crippen LogP contribution in [-0.4, -0.2) is 26.2 Å². The maximum absolute atomic E-state index is 12.9. The fourth-order valence-corrected chi connectivity index (χ4v) is 4.36. The van der Waals surface area contributed by atoms with Crippen LogP contribution >= 0.6 is 0 Å². The SMILES string of the molecule is CCCCCCC(CCCCCC)C(=O)C1=CC=C(CS(C)(=O)=O)C1. The first-order valence-corrected chi connectivity index (χ1v) is 12.0. The molecule has 4 heteroatoms. The third-order valence-corrected chi connectivity index (χ3v) is 5.78. The number of hydrogen-bond donors (Lipinski definition) is 0. The minimum atomic E-state index is -3.03. The van der Waals surface area contributed by atoms with Crippen LogP contribution < -0.4 is 0 Å². The number of rotatable bonds is 14. The Kier molecular flexibility index (Phi) is 10.3. The Hall–Kier alpha value is -0.900. The van der Waals surface area contributed by atoms with Crippen molar-refractivity contribution in [3.05, 3.63) is 23.3 Å². The van der Waals surface area contributed by atoms with Crippen molar-refractivity contribution in [1.29, 1.82) is 0 Å². The Morgan fingerprint density at radius 1 is 0.960 bits per heavy atom. The monoisotopic (exact) mass is 368 g/mol. The van der Waals surface area contributed by atoms with Crippen molar-refractivity contribution < 1.29 is 13.2 Å². The van der Waals surface area contributed by atoms with Gasteiger partial charge in [-0.3, -0.25) is 4.79 Å². The predicted octanol–water partition coefficient (Wildman–Crippen LogP) is 5.41. The van der Waals surface area contributed by atoms with Crippen molar-refractivity contribution in [1.82, 2.24) is 0 Å². The average Bonchev–Trinajstić information content (AvgIpc) is 2.99. The van der Waals surface area contributed by atoms with E-state index in [1.165, 1.54) is 44.8 Å². The predicted molar refractivity (Wildman–Crippen MR) is 107 cm³/mol. The third kappa shape index (κ3) is 9.39. The summed E-state index contributed by atoms with van der Waals surface area (Å²) in [6.07, 6.45) is 16.9. The number of ketones is 1. The topological polar surface area (TPSA) is 51.2 Å². The number of sulfone groups is 1. The standard InChI is InChI=1S/C21H36O3S/c1-4-6-8-10-12-19(13-11-9-7-5-2)21(22)20-15-14-18(16-20)17-25(3,23)24/h14-15,19H,4-13,16-17H2,1-3H3. The Balaban J connectivity index is 2.56. The maximum atomic E-state index is 12.9. The summed E-state index contributed by atoms with van der Waals surface area (Å²) in [5, 5.41) is 0. The lowest BCUT2D eigenvalue weighted by atomic mass is 9.87. The van der Waals surface area contributed by atoms with Gasteiger partial charge in [-0.15, -0.1) is 0 Å². The van der Waals surface area contributed by atoms with E-state index < -0.39 is 9.84 Å². The Bertz CT molecular complexity index is 558. The lowest BCUT2D eigenvalue weighted by Gasteiger charge is -2.17. The zero-order chi connectivity index (χ0) is 18.7. The van der Waals surface area contributed by atoms with E-state index in [1.807, 2.05) is 12.2 Å². The number of hydrogen-bond acceptors (Lipinski definition) is 3. The molecule has 25 heavy (non-hydrogen) atoms. The molecule has 0 unspecified atom stereocenters. The molecule has 0 bridgehead atoms. The molecule has 0 radical (unpaired) electrons. The Morgan fingerprint density at radius 2 is 1.52 bits per heavy atom. The zero-order valence-corrected chi connectivity index (χ0v) is 17.2. The second-order valence-corrected chi connectivity index (χ2v) is 9.66. The first-order chi connectivity index (χ1) is 11.9. The quantitative estimate of drug-likeness (QED) is 0.385. The summed E-state index contributed by atoms with van der Waals surface area (Å²) < 4.78 is 22.9. The van der Waals surface area contributed by atoms with Gasteiger partial charge in [0.1, 0.15) is 0 Å². The van der Waals surface area contributed by atoms with Gasteiger partial charge < -0.3 is 0 Å². The summed E-state index contributed by atoms with van der Waals surface area (Å²) in [4.78, 5) is 12.9. The van der Waals surface area contributed by atoms with E-state index >= 15 is 0 Å². The van der Waals surface area contributed by atoms with Crippen molar-refractivity contribution >= 4 is 15.6 Å². The van der Waals surface area contributed by atoms with Crippen LogP contribution in [0, 0.1) is 5.92 Å².